The molecule has 0 saturated heterocycles. The lowest BCUT2D eigenvalue weighted by atomic mass is 10.2. The van der Waals surface area contributed by atoms with Gasteiger partial charge in [0.1, 0.15) is 0 Å². The number of aryl methyl sites for hydroxylation is 1. The molecule has 3 rings (SSSR count). The number of amides is 1. The number of halogens is 1. The molecule has 0 atom stereocenters. The molecule has 3 aromatic rings. The van der Waals surface area contributed by atoms with Gasteiger partial charge < -0.3 is 5.32 Å². The van der Waals surface area contributed by atoms with Gasteiger partial charge in [-0.1, -0.05) is 53.3 Å². The van der Waals surface area contributed by atoms with Gasteiger partial charge in [-0.15, -0.1) is 0 Å². The number of thiazole rings is 1. The van der Waals surface area contributed by atoms with Crippen LogP contribution in [0.3, 0.4) is 0 Å². The minimum absolute atomic E-state index is 0.0695. The fourth-order valence-corrected chi connectivity index (χ4v) is 5.22. The van der Waals surface area contributed by atoms with E-state index in [-0.39, 0.29) is 23.8 Å². The van der Waals surface area contributed by atoms with Crippen molar-refractivity contribution in [3.63, 3.8) is 0 Å². The van der Waals surface area contributed by atoms with Crippen LogP contribution in [0, 0.1) is 6.92 Å². The molecular formula is C18H17ClN2O3S2. The second kappa shape index (κ2) is 7.73. The van der Waals surface area contributed by atoms with E-state index in [9.17, 15) is 13.2 Å². The Kier molecular flexibility index (Phi) is 5.60. The number of nitrogens with zero attached hydrogens (tertiary/aromatic N) is 1. The van der Waals surface area contributed by atoms with Gasteiger partial charge >= 0.3 is 0 Å². The lowest BCUT2D eigenvalue weighted by Crippen LogP contribution is -2.18. The zero-order valence-corrected chi connectivity index (χ0v) is 16.4. The first-order valence-electron chi connectivity index (χ1n) is 7.93. The van der Waals surface area contributed by atoms with Crippen molar-refractivity contribution in [2.45, 2.75) is 19.1 Å². The van der Waals surface area contributed by atoms with Crippen LogP contribution in [0.5, 0.6) is 0 Å². The maximum absolute atomic E-state index is 12.2. The Labute approximate surface area is 160 Å². The second-order valence-corrected chi connectivity index (χ2v) is 9.62. The first-order valence-corrected chi connectivity index (χ1v) is 10.9. The highest BCUT2D eigenvalue weighted by atomic mass is 35.5. The molecule has 0 fully saturated rings. The van der Waals surface area contributed by atoms with E-state index in [0.29, 0.717) is 15.7 Å². The van der Waals surface area contributed by atoms with Crippen LogP contribution in [0.25, 0.3) is 10.2 Å². The number of benzene rings is 2. The molecule has 0 aliphatic heterocycles. The van der Waals surface area contributed by atoms with Gasteiger partial charge in [0.15, 0.2) is 15.0 Å². The van der Waals surface area contributed by atoms with Crippen LogP contribution in [0.2, 0.25) is 5.02 Å². The van der Waals surface area contributed by atoms with Gasteiger partial charge in [0.2, 0.25) is 5.91 Å². The number of hydrogen-bond acceptors (Lipinski definition) is 5. The quantitative estimate of drug-likeness (QED) is 0.663. The first kappa shape index (κ1) is 18.8. The van der Waals surface area contributed by atoms with Gasteiger partial charge in [0.25, 0.3) is 0 Å². The third kappa shape index (κ3) is 4.81. The Balaban J connectivity index is 1.61. The summed E-state index contributed by atoms with van der Waals surface area (Å²) in [7, 11) is -3.35. The number of anilines is 1. The fraction of sp³-hybridized carbons (Fsp3) is 0.222. The molecule has 0 bridgehead atoms. The molecule has 0 saturated carbocycles. The highest BCUT2D eigenvalue weighted by molar-refractivity contribution is 7.90. The van der Waals surface area contributed by atoms with Gasteiger partial charge in [-0.25, -0.2) is 13.4 Å². The Morgan fingerprint density at radius 1 is 1.23 bits per heavy atom. The summed E-state index contributed by atoms with van der Waals surface area (Å²) in [6, 6.07) is 12.5. The minimum Gasteiger partial charge on any atom is -0.302 e. The van der Waals surface area contributed by atoms with Gasteiger partial charge in [-0.3, -0.25) is 4.79 Å². The van der Waals surface area contributed by atoms with Gasteiger partial charge in [0.05, 0.1) is 21.7 Å². The number of carbonyl (C=O) groups is 1. The van der Waals surface area contributed by atoms with Crippen molar-refractivity contribution in [2.24, 2.45) is 0 Å². The van der Waals surface area contributed by atoms with E-state index in [1.54, 1.807) is 30.3 Å². The Morgan fingerprint density at radius 3 is 2.69 bits per heavy atom. The van der Waals surface area contributed by atoms with Crippen molar-refractivity contribution in [3.05, 3.63) is 58.6 Å². The fourth-order valence-electron chi connectivity index (χ4n) is 2.54. The van der Waals surface area contributed by atoms with Gasteiger partial charge in [-0.05, 0) is 30.2 Å². The molecule has 5 nitrogen and oxygen atoms in total. The third-order valence-corrected chi connectivity index (χ3v) is 6.50. The van der Waals surface area contributed by atoms with Crippen LogP contribution in [0.4, 0.5) is 5.13 Å². The first-order chi connectivity index (χ1) is 12.3. The average molecular weight is 409 g/mol. The van der Waals surface area contributed by atoms with Crippen molar-refractivity contribution in [2.75, 3.05) is 11.1 Å². The zero-order chi connectivity index (χ0) is 18.7. The van der Waals surface area contributed by atoms with E-state index < -0.39 is 9.84 Å². The highest BCUT2D eigenvalue weighted by Gasteiger charge is 2.16. The molecular weight excluding hydrogens is 392 g/mol. The molecule has 136 valence electrons. The summed E-state index contributed by atoms with van der Waals surface area (Å²) < 4.78 is 25.2. The molecule has 1 N–H and O–H groups in total. The molecule has 1 amide bonds. The van der Waals surface area contributed by atoms with E-state index in [1.165, 1.54) is 11.3 Å². The van der Waals surface area contributed by atoms with Crippen LogP contribution in [0.1, 0.15) is 17.5 Å². The molecule has 0 unspecified atom stereocenters. The minimum atomic E-state index is -3.35. The number of rotatable bonds is 6. The summed E-state index contributed by atoms with van der Waals surface area (Å²) in [5.74, 6) is -0.645. The molecule has 2 aromatic carbocycles. The molecule has 0 radical (unpaired) electrons. The topological polar surface area (TPSA) is 76.1 Å². The van der Waals surface area contributed by atoms with E-state index in [4.69, 9.17) is 11.6 Å². The third-order valence-electron chi connectivity index (χ3n) is 3.77. The summed E-state index contributed by atoms with van der Waals surface area (Å²) in [4.78, 5) is 16.5. The summed E-state index contributed by atoms with van der Waals surface area (Å²) in [5.41, 5.74) is 2.42. The maximum Gasteiger partial charge on any atom is 0.227 e. The zero-order valence-electron chi connectivity index (χ0n) is 14.0. The van der Waals surface area contributed by atoms with Crippen LogP contribution >= 0.6 is 22.9 Å². The molecule has 8 heteroatoms. The number of fused-ring (bicyclic) bond motifs is 1. The predicted molar refractivity (Wildman–Crippen MR) is 107 cm³/mol. The number of nitrogens with one attached hydrogen (secondary N) is 1. The number of aromatic nitrogens is 1. The predicted octanol–water partition coefficient (Wildman–Crippen LogP) is 4.20. The lowest BCUT2D eigenvalue weighted by molar-refractivity contribution is -0.115. The van der Waals surface area contributed by atoms with E-state index in [1.807, 2.05) is 19.1 Å². The molecule has 26 heavy (non-hydrogen) atoms. The van der Waals surface area contributed by atoms with Crippen LogP contribution in [0.15, 0.2) is 42.5 Å². The molecule has 0 spiro atoms. The monoisotopic (exact) mass is 408 g/mol. The molecule has 1 heterocycles. The van der Waals surface area contributed by atoms with Crippen LogP contribution in [-0.4, -0.2) is 25.1 Å². The van der Waals surface area contributed by atoms with E-state index in [0.717, 1.165) is 15.8 Å². The summed E-state index contributed by atoms with van der Waals surface area (Å²) >= 11 is 7.34. The van der Waals surface area contributed by atoms with E-state index >= 15 is 0 Å². The summed E-state index contributed by atoms with van der Waals surface area (Å²) in [5, 5.41) is 3.73. The number of sulfone groups is 1. The van der Waals surface area contributed by atoms with Crippen molar-refractivity contribution >= 4 is 54.0 Å². The molecule has 0 aliphatic carbocycles. The number of hydrogen-bond donors (Lipinski definition) is 1. The maximum atomic E-state index is 12.2. The van der Waals surface area contributed by atoms with Crippen LogP contribution in [-0.2, 0) is 20.4 Å². The Bertz CT molecular complexity index is 1050. The normalized spacial score (nSPS) is 11.6. The van der Waals surface area contributed by atoms with Gasteiger partial charge in [0, 0.05) is 11.4 Å². The largest absolute Gasteiger partial charge is 0.302 e. The van der Waals surface area contributed by atoms with E-state index in [2.05, 4.69) is 10.3 Å². The molecule has 0 aliphatic rings. The van der Waals surface area contributed by atoms with Crippen molar-refractivity contribution in [3.8, 4) is 0 Å². The SMILES string of the molecule is Cc1cc(Cl)cc2sc(NC(=O)CCS(=O)(=O)Cc3ccccc3)nc12. The standard InChI is InChI=1S/C18H17ClN2O3S2/c1-12-9-14(19)10-15-17(12)21-18(25-15)20-16(22)7-8-26(23,24)11-13-5-3-2-4-6-13/h2-6,9-10H,7-8,11H2,1H3,(H,20,21,22). The summed E-state index contributed by atoms with van der Waals surface area (Å²) in [6.07, 6.45) is -0.106. The number of carbonyl (C=O) groups excluding carboxylic acids is 1. The Hall–Kier alpha value is -1.96. The Morgan fingerprint density at radius 2 is 1.96 bits per heavy atom. The lowest BCUT2D eigenvalue weighted by Gasteiger charge is -2.04. The second-order valence-electron chi connectivity index (χ2n) is 5.96. The average Bonchev–Trinajstić information content (AvgIpc) is 2.96. The smallest absolute Gasteiger partial charge is 0.227 e. The van der Waals surface area contributed by atoms with Crippen LogP contribution < -0.4 is 5.32 Å². The van der Waals surface area contributed by atoms with Crippen molar-refractivity contribution < 1.29 is 13.2 Å². The highest BCUT2D eigenvalue weighted by Crippen LogP contribution is 2.31. The van der Waals surface area contributed by atoms with Crippen molar-refractivity contribution in [1.29, 1.82) is 0 Å². The van der Waals surface area contributed by atoms with Crippen molar-refractivity contribution in [1.82, 2.24) is 4.98 Å². The summed E-state index contributed by atoms with van der Waals surface area (Å²) in [6.45, 7) is 1.90. The van der Waals surface area contributed by atoms with Gasteiger partial charge in [-0.2, -0.15) is 0 Å². The molecule has 1 aromatic heterocycles.